The third kappa shape index (κ3) is 2.93. The molecule has 0 unspecified atom stereocenters. The van der Waals surface area contributed by atoms with Crippen molar-refractivity contribution in [3.63, 3.8) is 0 Å². The van der Waals surface area contributed by atoms with E-state index in [-0.39, 0.29) is 0 Å². The number of benzene rings is 1. The second-order valence-corrected chi connectivity index (χ2v) is 11.2. The van der Waals surface area contributed by atoms with Gasteiger partial charge in [-0.1, -0.05) is 39.0 Å². The summed E-state index contributed by atoms with van der Waals surface area (Å²) in [5.74, 6) is -0.882. The molecule has 2 atom stereocenters. The number of hydrogen-bond acceptors (Lipinski definition) is 3. The molecule has 1 aromatic carbocycles. The molecule has 2 rings (SSSR count). The molecule has 1 aromatic rings. The van der Waals surface area contributed by atoms with Gasteiger partial charge in [-0.05, 0) is 37.2 Å². The van der Waals surface area contributed by atoms with E-state index in [1.807, 2.05) is 0 Å². The van der Waals surface area contributed by atoms with Gasteiger partial charge in [-0.25, -0.2) is 4.39 Å². The number of likely N-dealkylation sites (tertiary alicyclic amines) is 1. The van der Waals surface area contributed by atoms with Crippen LogP contribution < -0.4 is 0 Å². The van der Waals surface area contributed by atoms with Gasteiger partial charge >= 0.3 is 0 Å². The third-order valence-electron chi connectivity index (χ3n) is 5.34. The first-order valence-electron chi connectivity index (χ1n) is 8.58. The maximum atomic E-state index is 13.7. The molecule has 1 saturated heterocycles. The highest BCUT2D eigenvalue weighted by molar-refractivity contribution is 6.73. The zero-order chi connectivity index (χ0) is 18.0. The average Bonchev–Trinajstić information content (AvgIpc) is 2.63. The normalized spacial score (nSPS) is 24.0. The summed E-state index contributed by atoms with van der Waals surface area (Å²) in [6.07, 6.45) is 0. The van der Waals surface area contributed by atoms with E-state index < -0.39 is 38.4 Å². The molecule has 0 bridgehead atoms. The first-order chi connectivity index (χ1) is 11.4. The molecule has 132 valence electrons. The summed E-state index contributed by atoms with van der Waals surface area (Å²) in [5.41, 5.74) is -0.843. The molecule has 1 aliphatic rings. The Morgan fingerprint density at radius 2 is 1.75 bits per heavy atom. The number of alkyl halides is 1. The standard InChI is InChI=1S/C18H26FNO3Si/c1-5-24(6-2,7-3)23-18(4)15(13-19)20(17(18)22)16(21)14-11-9-8-10-12-14/h8-12,15H,5-7,13H2,1-4H3/t15-,18+/m0/s1. The highest BCUT2D eigenvalue weighted by atomic mass is 28.4. The van der Waals surface area contributed by atoms with E-state index >= 15 is 0 Å². The van der Waals surface area contributed by atoms with Crippen molar-refractivity contribution in [1.82, 2.24) is 4.90 Å². The van der Waals surface area contributed by atoms with Crippen molar-refractivity contribution in [2.24, 2.45) is 0 Å². The highest BCUT2D eigenvalue weighted by Crippen LogP contribution is 2.40. The van der Waals surface area contributed by atoms with Gasteiger partial charge < -0.3 is 4.43 Å². The first kappa shape index (κ1) is 18.8. The minimum absolute atomic E-state index is 0.385. The van der Waals surface area contributed by atoms with Crippen molar-refractivity contribution >= 4 is 20.1 Å². The van der Waals surface area contributed by atoms with Gasteiger partial charge in [0.15, 0.2) is 13.9 Å². The van der Waals surface area contributed by atoms with Crippen LogP contribution in [0.1, 0.15) is 38.1 Å². The summed E-state index contributed by atoms with van der Waals surface area (Å²) in [5, 5.41) is 0. The molecule has 4 nitrogen and oxygen atoms in total. The predicted octanol–water partition coefficient (Wildman–Crippen LogP) is 3.79. The Morgan fingerprint density at radius 3 is 2.21 bits per heavy atom. The van der Waals surface area contributed by atoms with Crippen LogP contribution in [0.2, 0.25) is 18.1 Å². The van der Waals surface area contributed by atoms with Crippen LogP contribution in [0.15, 0.2) is 30.3 Å². The van der Waals surface area contributed by atoms with Crippen molar-refractivity contribution in [3.05, 3.63) is 35.9 Å². The van der Waals surface area contributed by atoms with Gasteiger partial charge in [0.1, 0.15) is 12.7 Å². The van der Waals surface area contributed by atoms with Crippen molar-refractivity contribution in [1.29, 1.82) is 0 Å². The van der Waals surface area contributed by atoms with Crippen molar-refractivity contribution in [2.75, 3.05) is 6.67 Å². The van der Waals surface area contributed by atoms with Gasteiger partial charge in [0.25, 0.3) is 11.8 Å². The lowest BCUT2D eigenvalue weighted by atomic mass is 9.84. The lowest BCUT2D eigenvalue weighted by Gasteiger charge is -2.54. The van der Waals surface area contributed by atoms with E-state index in [4.69, 9.17) is 4.43 Å². The summed E-state index contributed by atoms with van der Waals surface area (Å²) >= 11 is 0. The van der Waals surface area contributed by atoms with Crippen LogP contribution >= 0.6 is 0 Å². The number of carbonyl (C=O) groups is 2. The fraction of sp³-hybridized carbons (Fsp3) is 0.556. The summed E-state index contributed by atoms with van der Waals surface area (Å²) in [6, 6.07) is 10.3. The second-order valence-electron chi connectivity index (χ2n) is 6.47. The SMILES string of the molecule is CC[Si](CC)(CC)O[C@@]1(C)C(=O)N(C(=O)c2ccccc2)[C@H]1CF. The Labute approximate surface area is 144 Å². The zero-order valence-electron chi connectivity index (χ0n) is 14.8. The minimum Gasteiger partial charge on any atom is -0.401 e. The maximum Gasteiger partial charge on any atom is 0.263 e. The lowest BCUT2D eigenvalue weighted by molar-refractivity contribution is -0.178. The summed E-state index contributed by atoms with van der Waals surface area (Å²) in [4.78, 5) is 26.3. The molecule has 24 heavy (non-hydrogen) atoms. The van der Waals surface area contributed by atoms with Crippen LogP contribution in [0.5, 0.6) is 0 Å². The summed E-state index contributed by atoms with van der Waals surface area (Å²) in [6.45, 7) is 7.02. The molecular formula is C18H26FNO3Si. The molecule has 1 aliphatic heterocycles. The number of carbonyl (C=O) groups excluding carboxylic acids is 2. The van der Waals surface area contributed by atoms with Crippen molar-refractivity contribution < 1.29 is 18.4 Å². The molecule has 1 fully saturated rings. The predicted molar refractivity (Wildman–Crippen MR) is 94.1 cm³/mol. The topological polar surface area (TPSA) is 46.6 Å². The third-order valence-corrected chi connectivity index (χ3v) is 10.1. The molecule has 0 spiro atoms. The molecular weight excluding hydrogens is 325 g/mol. The van der Waals surface area contributed by atoms with Crippen LogP contribution in [0.25, 0.3) is 0 Å². The molecule has 1 heterocycles. The smallest absolute Gasteiger partial charge is 0.263 e. The van der Waals surface area contributed by atoms with E-state index in [9.17, 15) is 14.0 Å². The fourth-order valence-electron chi connectivity index (χ4n) is 3.40. The van der Waals surface area contributed by atoms with Gasteiger partial charge in [-0.3, -0.25) is 14.5 Å². The molecule has 6 heteroatoms. The number of nitrogens with zero attached hydrogens (tertiary/aromatic N) is 1. The lowest BCUT2D eigenvalue weighted by Crippen LogP contribution is -2.77. The monoisotopic (exact) mass is 351 g/mol. The Morgan fingerprint density at radius 1 is 1.21 bits per heavy atom. The minimum atomic E-state index is -2.09. The van der Waals surface area contributed by atoms with Gasteiger partial charge in [0, 0.05) is 5.56 Å². The number of hydrogen-bond donors (Lipinski definition) is 0. The van der Waals surface area contributed by atoms with Crippen LogP contribution in [0.4, 0.5) is 4.39 Å². The Bertz CT molecular complexity index is 597. The van der Waals surface area contributed by atoms with Crippen LogP contribution in [0.3, 0.4) is 0 Å². The molecule has 0 aromatic heterocycles. The van der Waals surface area contributed by atoms with Gasteiger partial charge in [0.05, 0.1) is 0 Å². The van der Waals surface area contributed by atoms with Gasteiger partial charge in [-0.2, -0.15) is 0 Å². The van der Waals surface area contributed by atoms with Crippen LogP contribution in [-0.2, 0) is 9.22 Å². The first-order valence-corrected chi connectivity index (χ1v) is 11.1. The zero-order valence-corrected chi connectivity index (χ0v) is 15.8. The number of halogens is 1. The van der Waals surface area contributed by atoms with E-state index in [2.05, 4.69) is 20.8 Å². The van der Waals surface area contributed by atoms with Crippen molar-refractivity contribution in [2.45, 2.75) is 57.5 Å². The average molecular weight is 351 g/mol. The molecule has 0 aliphatic carbocycles. The number of rotatable bonds is 7. The second kappa shape index (κ2) is 7.15. The maximum absolute atomic E-state index is 13.7. The van der Waals surface area contributed by atoms with E-state index in [1.165, 1.54) is 0 Å². The van der Waals surface area contributed by atoms with E-state index in [0.29, 0.717) is 5.56 Å². The summed E-state index contributed by atoms with van der Waals surface area (Å²) in [7, 11) is -2.09. The van der Waals surface area contributed by atoms with Crippen LogP contribution in [0, 0.1) is 0 Å². The fourth-order valence-corrected chi connectivity index (χ4v) is 6.46. The highest BCUT2D eigenvalue weighted by Gasteiger charge is 2.63. The molecule has 0 radical (unpaired) electrons. The molecule has 0 saturated carbocycles. The molecule has 0 N–H and O–H groups in total. The molecule has 2 amide bonds. The quantitative estimate of drug-likeness (QED) is 0.427. The van der Waals surface area contributed by atoms with Gasteiger partial charge in [-0.15, -0.1) is 0 Å². The summed E-state index contributed by atoms with van der Waals surface area (Å²) < 4.78 is 20.0. The largest absolute Gasteiger partial charge is 0.401 e. The Balaban J connectivity index is 2.26. The van der Waals surface area contributed by atoms with Crippen molar-refractivity contribution in [3.8, 4) is 0 Å². The number of amides is 2. The Hall–Kier alpha value is -1.53. The van der Waals surface area contributed by atoms with E-state index in [1.54, 1.807) is 37.3 Å². The Kier molecular flexibility index (Phi) is 5.60. The van der Waals surface area contributed by atoms with Gasteiger partial charge in [0.2, 0.25) is 0 Å². The van der Waals surface area contributed by atoms with Crippen LogP contribution in [-0.4, -0.2) is 43.3 Å². The number of β-lactam (4-membered cyclic amide) rings is 1. The number of imide groups is 1. The van der Waals surface area contributed by atoms with E-state index in [0.717, 1.165) is 23.0 Å².